The van der Waals surface area contributed by atoms with Crippen molar-refractivity contribution in [1.82, 2.24) is 5.32 Å². The van der Waals surface area contributed by atoms with E-state index < -0.39 is 0 Å². The Morgan fingerprint density at radius 2 is 1.52 bits per heavy atom. The van der Waals surface area contributed by atoms with Gasteiger partial charge >= 0.3 is 0 Å². The van der Waals surface area contributed by atoms with Crippen LogP contribution in [0.1, 0.15) is 32.3 Å². The van der Waals surface area contributed by atoms with Gasteiger partial charge in [0.15, 0.2) is 0 Å². The molecule has 0 radical (unpaired) electrons. The van der Waals surface area contributed by atoms with E-state index in [1.54, 1.807) is 0 Å². The van der Waals surface area contributed by atoms with Crippen LogP contribution in [0.5, 0.6) is 0 Å². The number of nitrogens with one attached hydrogen (secondary N) is 1. The van der Waals surface area contributed by atoms with E-state index in [0.717, 1.165) is 21.9 Å². The van der Waals surface area contributed by atoms with Crippen molar-refractivity contribution in [2.45, 2.75) is 32.7 Å². The maximum absolute atomic E-state index is 6.60. The molecule has 1 N–H and O–H groups in total. The molecule has 0 aliphatic carbocycles. The Morgan fingerprint density at radius 3 is 2.31 bits per heavy atom. The smallest absolute Gasteiger partial charge is 0.143 e. The summed E-state index contributed by atoms with van der Waals surface area (Å²) in [6.07, 6.45) is 15.2. The van der Waals surface area contributed by atoms with Crippen LogP contribution in [-0.4, -0.2) is 6.04 Å². The van der Waals surface area contributed by atoms with Gasteiger partial charge in [0, 0.05) is 22.3 Å². The predicted molar refractivity (Wildman–Crippen MR) is 180 cm³/mol. The van der Waals surface area contributed by atoms with Gasteiger partial charge in [-0.3, -0.25) is 0 Å². The molecule has 1 aliphatic heterocycles. The fraction of sp³-hybridized carbons (Fsp3) is 0.150. The van der Waals surface area contributed by atoms with Gasteiger partial charge in [0.1, 0.15) is 11.2 Å². The number of hydrogen-bond donors (Lipinski definition) is 1. The van der Waals surface area contributed by atoms with E-state index in [1.165, 1.54) is 43.8 Å². The lowest BCUT2D eigenvalue weighted by molar-refractivity contribution is 0.581. The van der Waals surface area contributed by atoms with Gasteiger partial charge in [-0.25, -0.2) is 0 Å². The van der Waals surface area contributed by atoms with Gasteiger partial charge in [-0.1, -0.05) is 123 Å². The lowest BCUT2D eigenvalue weighted by atomic mass is 9.82. The predicted octanol–water partition coefficient (Wildman–Crippen LogP) is 10.8. The summed E-state index contributed by atoms with van der Waals surface area (Å²) in [5.74, 6) is 0.723. The van der Waals surface area contributed by atoms with Crippen LogP contribution in [0.3, 0.4) is 0 Å². The zero-order valence-electron chi connectivity index (χ0n) is 24.3. The summed E-state index contributed by atoms with van der Waals surface area (Å²) in [5.41, 5.74) is 6.90. The fourth-order valence-corrected chi connectivity index (χ4v) is 6.47. The molecule has 206 valence electrons. The number of para-hydroxylation sites is 1. The normalized spacial score (nSPS) is 16.4. The summed E-state index contributed by atoms with van der Waals surface area (Å²) >= 11 is 0. The Balaban J connectivity index is 1.40. The van der Waals surface area contributed by atoms with Crippen LogP contribution in [0, 0.1) is 5.92 Å². The first-order valence-electron chi connectivity index (χ1n) is 14.9. The number of hydrogen-bond acceptors (Lipinski definition) is 2. The zero-order chi connectivity index (χ0) is 28.6. The molecule has 1 aliphatic rings. The van der Waals surface area contributed by atoms with Crippen molar-refractivity contribution in [3.05, 3.63) is 145 Å². The molecule has 0 bridgehead atoms. The van der Waals surface area contributed by atoms with Gasteiger partial charge in [-0.15, -0.1) is 0 Å². The SMILES string of the molecule is C/C(=C\C=C/C(c1ccc(-c2c3ccccc3cc3c2oc2ccccc23)c2ccccc12)C(C)C)C1C=CC=CN1. The van der Waals surface area contributed by atoms with E-state index in [2.05, 4.69) is 141 Å². The highest BCUT2D eigenvalue weighted by Crippen LogP contribution is 2.44. The Kier molecular flexibility index (Phi) is 6.76. The van der Waals surface area contributed by atoms with Gasteiger partial charge in [-0.05, 0) is 75.5 Å². The van der Waals surface area contributed by atoms with E-state index in [4.69, 9.17) is 4.42 Å². The largest absolute Gasteiger partial charge is 0.455 e. The molecule has 0 saturated carbocycles. The number of dihydropyridines is 1. The van der Waals surface area contributed by atoms with Crippen LogP contribution in [0.4, 0.5) is 0 Å². The first-order valence-corrected chi connectivity index (χ1v) is 14.9. The minimum atomic E-state index is 0.244. The van der Waals surface area contributed by atoms with Crippen molar-refractivity contribution in [3.63, 3.8) is 0 Å². The highest BCUT2D eigenvalue weighted by molar-refractivity contribution is 6.20. The second-order valence-corrected chi connectivity index (χ2v) is 11.6. The van der Waals surface area contributed by atoms with Gasteiger partial charge in [0.05, 0.1) is 6.04 Å². The third kappa shape index (κ3) is 4.54. The minimum absolute atomic E-state index is 0.244. The van der Waals surface area contributed by atoms with Crippen molar-refractivity contribution in [1.29, 1.82) is 0 Å². The summed E-state index contributed by atoms with van der Waals surface area (Å²) in [5, 5.41) is 10.7. The van der Waals surface area contributed by atoms with Gasteiger partial charge in [0.2, 0.25) is 0 Å². The molecule has 2 unspecified atom stereocenters. The second-order valence-electron chi connectivity index (χ2n) is 11.6. The van der Waals surface area contributed by atoms with E-state index in [9.17, 15) is 0 Å². The summed E-state index contributed by atoms with van der Waals surface area (Å²) in [6.45, 7) is 6.81. The Hall–Kier alpha value is -4.82. The lowest BCUT2D eigenvalue weighted by Crippen LogP contribution is -2.24. The molecule has 0 amide bonds. The van der Waals surface area contributed by atoms with Gasteiger partial charge < -0.3 is 9.73 Å². The first-order chi connectivity index (χ1) is 20.6. The van der Waals surface area contributed by atoms with Crippen LogP contribution in [0.15, 0.2) is 144 Å². The average Bonchev–Trinajstić information content (AvgIpc) is 3.40. The minimum Gasteiger partial charge on any atom is -0.455 e. The quantitative estimate of drug-likeness (QED) is 0.211. The standard InChI is InChI=1S/C40H35NO/c1-26(2)29(19-12-13-27(3)37-20-10-11-24-41-37)33-22-23-35(32-17-7-6-16-31(32)33)39-30-15-5-4-14-28(30)25-36-34-18-8-9-21-38(34)42-40(36)39/h4-26,29,37,41H,1-3H3/b19-12-,27-13+. The van der Waals surface area contributed by atoms with Crippen LogP contribution in [0.2, 0.25) is 0 Å². The maximum Gasteiger partial charge on any atom is 0.143 e. The van der Waals surface area contributed by atoms with Crippen LogP contribution >= 0.6 is 0 Å². The van der Waals surface area contributed by atoms with E-state index in [0.29, 0.717) is 5.92 Å². The molecule has 0 spiro atoms. The Labute approximate surface area is 247 Å². The van der Waals surface area contributed by atoms with E-state index in [1.807, 2.05) is 18.3 Å². The molecule has 42 heavy (non-hydrogen) atoms. The molecule has 1 aromatic heterocycles. The van der Waals surface area contributed by atoms with Gasteiger partial charge in [-0.2, -0.15) is 0 Å². The summed E-state index contributed by atoms with van der Waals surface area (Å²) in [4.78, 5) is 0. The summed E-state index contributed by atoms with van der Waals surface area (Å²) in [6, 6.07) is 33.1. The maximum atomic E-state index is 6.60. The third-order valence-electron chi connectivity index (χ3n) is 8.65. The van der Waals surface area contributed by atoms with E-state index in [-0.39, 0.29) is 12.0 Å². The fourth-order valence-electron chi connectivity index (χ4n) is 6.47. The summed E-state index contributed by atoms with van der Waals surface area (Å²) < 4.78 is 6.60. The average molecular weight is 546 g/mol. The molecule has 2 heteroatoms. The molecule has 6 aromatic rings. The molecule has 5 aromatic carbocycles. The number of fused-ring (bicyclic) bond motifs is 5. The molecule has 0 saturated heterocycles. The third-order valence-corrected chi connectivity index (χ3v) is 8.65. The second kappa shape index (κ2) is 10.9. The highest BCUT2D eigenvalue weighted by Gasteiger charge is 2.21. The molecule has 2 nitrogen and oxygen atoms in total. The van der Waals surface area contributed by atoms with Crippen LogP contribution < -0.4 is 5.32 Å². The molecule has 0 fully saturated rings. The van der Waals surface area contributed by atoms with Crippen LogP contribution in [-0.2, 0) is 0 Å². The monoisotopic (exact) mass is 545 g/mol. The molecule has 7 rings (SSSR count). The number of furan rings is 1. The summed E-state index contributed by atoms with van der Waals surface area (Å²) in [7, 11) is 0. The Morgan fingerprint density at radius 1 is 0.786 bits per heavy atom. The van der Waals surface area contributed by atoms with E-state index >= 15 is 0 Å². The lowest BCUT2D eigenvalue weighted by Gasteiger charge is -2.22. The molecule has 2 atom stereocenters. The van der Waals surface area contributed by atoms with Crippen molar-refractivity contribution >= 4 is 43.5 Å². The number of rotatable bonds is 6. The number of benzene rings is 5. The number of allylic oxidation sites excluding steroid dienone is 5. The zero-order valence-corrected chi connectivity index (χ0v) is 24.3. The van der Waals surface area contributed by atoms with Crippen molar-refractivity contribution in [2.24, 2.45) is 5.92 Å². The highest BCUT2D eigenvalue weighted by atomic mass is 16.3. The molecular weight excluding hydrogens is 510 g/mol. The van der Waals surface area contributed by atoms with Crippen molar-refractivity contribution in [2.75, 3.05) is 0 Å². The first kappa shape index (κ1) is 26.1. The topological polar surface area (TPSA) is 25.2 Å². The van der Waals surface area contributed by atoms with Crippen LogP contribution in [0.25, 0.3) is 54.6 Å². The van der Waals surface area contributed by atoms with Crippen molar-refractivity contribution < 1.29 is 4.42 Å². The molecular formula is C40H35NO. The van der Waals surface area contributed by atoms with Gasteiger partial charge in [0.25, 0.3) is 0 Å². The molecule has 2 heterocycles. The van der Waals surface area contributed by atoms with Crippen molar-refractivity contribution in [3.8, 4) is 11.1 Å². The Bertz CT molecular complexity index is 2070.